The highest BCUT2D eigenvalue weighted by atomic mass is 32.2. The second-order valence-electron chi connectivity index (χ2n) is 6.34. The van der Waals surface area contributed by atoms with Crippen LogP contribution in [0.3, 0.4) is 0 Å². The van der Waals surface area contributed by atoms with Gasteiger partial charge in [0.1, 0.15) is 0 Å². The molecule has 0 aromatic carbocycles. The number of urea groups is 1. The minimum atomic E-state index is -3.15. The molecule has 0 radical (unpaired) electrons. The summed E-state index contributed by atoms with van der Waals surface area (Å²) < 4.78 is 25.8. The van der Waals surface area contributed by atoms with Crippen LogP contribution < -0.4 is 5.32 Å². The Bertz CT molecular complexity index is 453. The average Bonchev–Trinajstić information content (AvgIpc) is 2.54. The number of carbonyl (C=O) groups excluding carboxylic acids is 1. The Balaban J connectivity index is 1.77. The quantitative estimate of drug-likeness (QED) is 0.835. The molecule has 0 atom stereocenters. The highest BCUT2D eigenvalue weighted by Crippen LogP contribution is 2.18. The molecule has 7 heteroatoms. The van der Waals surface area contributed by atoms with Gasteiger partial charge in [0.2, 0.25) is 10.0 Å². The van der Waals surface area contributed by atoms with E-state index in [-0.39, 0.29) is 11.8 Å². The number of rotatable bonds is 5. The summed E-state index contributed by atoms with van der Waals surface area (Å²) in [5, 5.41) is 3.10. The van der Waals surface area contributed by atoms with Gasteiger partial charge < -0.3 is 10.2 Å². The summed E-state index contributed by atoms with van der Waals surface area (Å²) >= 11 is 0. The molecule has 1 aliphatic carbocycles. The Morgan fingerprint density at radius 3 is 2.32 bits per heavy atom. The zero-order valence-electron chi connectivity index (χ0n) is 13.6. The molecule has 1 saturated carbocycles. The van der Waals surface area contributed by atoms with Gasteiger partial charge >= 0.3 is 6.03 Å². The molecule has 1 aliphatic heterocycles. The van der Waals surface area contributed by atoms with E-state index in [1.807, 2.05) is 6.92 Å². The second kappa shape index (κ2) is 8.15. The van der Waals surface area contributed by atoms with Crippen molar-refractivity contribution >= 4 is 16.1 Å². The van der Waals surface area contributed by atoms with Gasteiger partial charge in [-0.1, -0.05) is 32.6 Å². The summed E-state index contributed by atoms with van der Waals surface area (Å²) in [6, 6.07) is 0.269. The Morgan fingerprint density at radius 2 is 1.73 bits per heavy atom. The standard InChI is InChI=1S/C15H29N3O3S/c1-2-3-13-22(20,21)18-11-9-17(10-12-18)15(19)16-14-7-5-4-6-8-14/h14H,2-13H2,1H3,(H,16,19). The molecule has 0 unspecified atom stereocenters. The molecular formula is C15H29N3O3S. The van der Waals surface area contributed by atoms with E-state index < -0.39 is 10.0 Å². The molecule has 0 aromatic heterocycles. The molecule has 0 spiro atoms. The summed E-state index contributed by atoms with van der Waals surface area (Å²) in [7, 11) is -3.15. The van der Waals surface area contributed by atoms with E-state index in [1.165, 1.54) is 23.6 Å². The number of amides is 2. The number of hydrogen-bond acceptors (Lipinski definition) is 3. The average molecular weight is 331 g/mol. The molecule has 22 heavy (non-hydrogen) atoms. The molecule has 2 rings (SSSR count). The number of hydrogen-bond donors (Lipinski definition) is 1. The van der Waals surface area contributed by atoms with Crippen LogP contribution in [0, 0.1) is 0 Å². The molecule has 128 valence electrons. The smallest absolute Gasteiger partial charge is 0.317 e. The Morgan fingerprint density at radius 1 is 1.09 bits per heavy atom. The minimum absolute atomic E-state index is 0.0301. The fraction of sp³-hybridized carbons (Fsp3) is 0.933. The van der Waals surface area contributed by atoms with Gasteiger partial charge in [0, 0.05) is 32.2 Å². The van der Waals surface area contributed by atoms with Gasteiger partial charge in [-0.2, -0.15) is 4.31 Å². The molecule has 0 bridgehead atoms. The van der Waals surface area contributed by atoms with Crippen LogP contribution in [0.15, 0.2) is 0 Å². The molecule has 1 heterocycles. The normalized spacial score (nSPS) is 21.8. The number of nitrogens with one attached hydrogen (secondary N) is 1. The fourth-order valence-corrected chi connectivity index (χ4v) is 4.77. The van der Waals surface area contributed by atoms with Crippen molar-refractivity contribution in [2.75, 3.05) is 31.9 Å². The predicted octanol–water partition coefficient (Wildman–Crippen LogP) is 1.78. The van der Waals surface area contributed by atoms with Crippen LogP contribution in [0.4, 0.5) is 4.79 Å². The third kappa shape index (κ3) is 4.84. The molecule has 0 aromatic rings. The van der Waals surface area contributed by atoms with Crippen molar-refractivity contribution < 1.29 is 13.2 Å². The van der Waals surface area contributed by atoms with Gasteiger partial charge in [0.25, 0.3) is 0 Å². The van der Waals surface area contributed by atoms with Crippen molar-refractivity contribution in [2.45, 2.75) is 57.9 Å². The predicted molar refractivity (Wildman–Crippen MR) is 87.2 cm³/mol. The number of unbranched alkanes of at least 4 members (excludes halogenated alkanes) is 1. The lowest BCUT2D eigenvalue weighted by atomic mass is 9.96. The molecule has 2 aliphatic rings. The van der Waals surface area contributed by atoms with Crippen LogP contribution in [0.25, 0.3) is 0 Å². The van der Waals surface area contributed by atoms with Gasteiger partial charge in [-0.3, -0.25) is 0 Å². The third-order valence-electron chi connectivity index (χ3n) is 4.61. The largest absolute Gasteiger partial charge is 0.335 e. The van der Waals surface area contributed by atoms with Crippen molar-refractivity contribution in [2.24, 2.45) is 0 Å². The van der Waals surface area contributed by atoms with E-state index >= 15 is 0 Å². The Hall–Kier alpha value is -0.820. The highest BCUT2D eigenvalue weighted by Gasteiger charge is 2.29. The maximum Gasteiger partial charge on any atom is 0.317 e. The van der Waals surface area contributed by atoms with Crippen molar-refractivity contribution in [3.05, 3.63) is 0 Å². The van der Waals surface area contributed by atoms with Gasteiger partial charge in [-0.05, 0) is 19.3 Å². The maximum absolute atomic E-state index is 12.2. The Labute approximate surface area is 134 Å². The van der Waals surface area contributed by atoms with Gasteiger partial charge in [0.05, 0.1) is 5.75 Å². The second-order valence-corrected chi connectivity index (χ2v) is 8.43. The SMILES string of the molecule is CCCCS(=O)(=O)N1CCN(C(=O)NC2CCCCC2)CC1. The van der Waals surface area contributed by atoms with Crippen LogP contribution in [-0.4, -0.2) is 61.6 Å². The van der Waals surface area contributed by atoms with Crippen LogP contribution >= 0.6 is 0 Å². The van der Waals surface area contributed by atoms with E-state index in [0.29, 0.717) is 38.6 Å². The first-order valence-corrected chi connectivity index (χ1v) is 10.2. The van der Waals surface area contributed by atoms with E-state index in [2.05, 4.69) is 5.32 Å². The molecule has 1 saturated heterocycles. The lowest BCUT2D eigenvalue weighted by molar-refractivity contribution is 0.166. The summed E-state index contributed by atoms with van der Waals surface area (Å²) in [6.07, 6.45) is 7.35. The molecule has 1 N–H and O–H groups in total. The van der Waals surface area contributed by atoms with Gasteiger partial charge in [0.15, 0.2) is 0 Å². The first-order valence-electron chi connectivity index (χ1n) is 8.56. The van der Waals surface area contributed by atoms with Crippen LogP contribution in [0.5, 0.6) is 0 Å². The van der Waals surface area contributed by atoms with E-state index in [4.69, 9.17) is 0 Å². The topological polar surface area (TPSA) is 69.7 Å². The number of sulfonamides is 1. The first kappa shape index (κ1) is 17.5. The van der Waals surface area contributed by atoms with E-state index in [0.717, 1.165) is 19.3 Å². The zero-order valence-corrected chi connectivity index (χ0v) is 14.4. The summed E-state index contributed by atoms with van der Waals surface area (Å²) in [4.78, 5) is 14.0. The van der Waals surface area contributed by atoms with Crippen molar-refractivity contribution in [1.29, 1.82) is 0 Å². The first-order chi connectivity index (χ1) is 10.5. The number of nitrogens with zero attached hydrogens (tertiary/aromatic N) is 2. The summed E-state index contributed by atoms with van der Waals surface area (Å²) in [5.74, 6) is 0.220. The van der Waals surface area contributed by atoms with Crippen molar-refractivity contribution in [3.8, 4) is 0 Å². The molecular weight excluding hydrogens is 302 g/mol. The maximum atomic E-state index is 12.2. The molecule has 2 fully saturated rings. The summed E-state index contributed by atoms with van der Waals surface area (Å²) in [6.45, 7) is 3.81. The highest BCUT2D eigenvalue weighted by molar-refractivity contribution is 7.89. The summed E-state index contributed by atoms with van der Waals surface area (Å²) in [5.41, 5.74) is 0. The van der Waals surface area contributed by atoms with Crippen molar-refractivity contribution in [1.82, 2.24) is 14.5 Å². The number of carbonyl (C=O) groups is 1. The van der Waals surface area contributed by atoms with Crippen LogP contribution in [-0.2, 0) is 10.0 Å². The van der Waals surface area contributed by atoms with Gasteiger partial charge in [-0.15, -0.1) is 0 Å². The number of piperazine rings is 1. The lowest BCUT2D eigenvalue weighted by Crippen LogP contribution is -2.54. The van der Waals surface area contributed by atoms with E-state index in [9.17, 15) is 13.2 Å². The molecule has 6 nitrogen and oxygen atoms in total. The van der Waals surface area contributed by atoms with Gasteiger partial charge in [-0.25, -0.2) is 13.2 Å². The lowest BCUT2D eigenvalue weighted by Gasteiger charge is -2.35. The molecule has 2 amide bonds. The van der Waals surface area contributed by atoms with Crippen LogP contribution in [0.1, 0.15) is 51.9 Å². The zero-order chi connectivity index (χ0) is 16.0. The fourth-order valence-electron chi connectivity index (χ4n) is 3.14. The monoisotopic (exact) mass is 331 g/mol. The third-order valence-corrected chi connectivity index (χ3v) is 6.56. The Kier molecular flexibility index (Phi) is 6.50. The van der Waals surface area contributed by atoms with Crippen molar-refractivity contribution in [3.63, 3.8) is 0 Å². The van der Waals surface area contributed by atoms with E-state index in [1.54, 1.807) is 4.90 Å². The minimum Gasteiger partial charge on any atom is -0.335 e. The van der Waals surface area contributed by atoms with Crippen LogP contribution in [0.2, 0.25) is 0 Å².